The van der Waals surface area contributed by atoms with Crippen molar-refractivity contribution in [2.45, 2.75) is 26.5 Å². The van der Waals surface area contributed by atoms with Crippen LogP contribution in [0.15, 0.2) is 41.1 Å². The summed E-state index contributed by atoms with van der Waals surface area (Å²) in [6.07, 6.45) is -1.67. The Hall–Kier alpha value is -3.96. The second kappa shape index (κ2) is 8.05. The smallest absolute Gasteiger partial charge is 0.394 e. The quantitative estimate of drug-likeness (QED) is 0.437. The Morgan fingerprint density at radius 3 is 2.55 bits per heavy atom. The van der Waals surface area contributed by atoms with Crippen LogP contribution in [0.2, 0.25) is 0 Å². The zero-order valence-electron chi connectivity index (χ0n) is 16.8. The molecule has 0 saturated heterocycles. The summed E-state index contributed by atoms with van der Waals surface area (Å²) < 4.78 is 42.3. The number of ether oxygens (including phenoxy) is 2. The molecule has 0 atom stereocenters. The molecule has 10 nitrogen and oxygen atoms in total. The molecule has 0 spiro atoms. The van der Waals surface area contributed by atoms with Crippen molar-refractivity contribution in [1.29, 1.82) is 0 Å². The van der Waals surface area contributed by atoms with Crippen LogP contribution in [0, 0.1) is 6.92 Å². The van der Waals surface area contributed by atoms with Crippen LogP contribution in [-0.2, 0) is 6.54 Å². The van der Waals surface area contributed by atoms with Crippen LogP contribution in [0.3, 0.4) is 0 Å². The predicted octanol–water partition coefficient (Wildman–Crippen LogP) is 3.14. The third kappa shape index (κ3) is 4.79. The maximum absolute atomic E-state index is 12.9. The molecule has 0 saturated carbocycles. The maximum atomic E-state index is 12.9. The Morgan fingerprint density at radius 2 is 1.84 bits per heavy atom. The standard InChI is InChI=1S/C19H17F2N7O3/c1-11-23-16(26-28(11)10-13-8-9-22-18(24-13)29-3)17-25-15(27-31-17)12-4-6-14(7-5-12)30-19(2,20)21/h4-9H,10H2,1-3H3. The third-order valence-electron chi connectivity index (χ3n) is 4.07. The van der Waals surface area contributed by atoms with E-state index < -0.39 is 6.11 Å². The van der Waals surface area contributed by atoms with Crippen LogP contribution in [0.4, 0.5) is 8.78 Å². The van der Waals surface area contributed by atoms with Crippen molar-refractivity contribution in [1.82, 2.24) is 34.9 Å². The van der Waals surface area contributed by atoms with E-state index in [1.165, 1.54) is 19.2 Å². The number of hydrogen-bond donors (Lipinski definition) is 0. The van der Waals surface area contributed by atoms with E-state index in [1.807, 2.05) is 0 Å². The number of methoxy groups -OCH3 is 1. The molecule has 0 aliphatic heterocycles. The van der Waals surface area contributed by atoms with Gasteiger partial charge in [-0.2, -0.15) is 18.7 Å². The van der Waals surface area contributed by atoms with Crippen LogP contribution >= 0.6 is 0 Å². The molecular weight excluding hydrogens is 412 g/mol. The van der Waals surface area contributed by atoms with Crippen LogP contribution in [0.25, 0.3) is 23.1 Å². The van der Waals surface area contributed by atoms with Crippen molar-refractivity contribution in [3.05, 3.63) is 48.0 Å². The van der Waals surface area contributed by atoms with Gasteiger partial charge < -0.3 is 14.0 Å². The summed E-state index contributed by atoms with van der Waals surface area (Å²) in [5.74, 6) is 1.28. The monoisotopic (exact) mass is 429 g/mol. The molecule has 3 heterocycles. The second-order valence-electron chi connectivity index (χ2n) is 6.53. The molecule has 160 valence electrons. The Kier molecular flexibility index (Phi) is 5.28. The normalized spacial score (nSPS) is 11.5. The first kappa shape index (κ1) is 20.3. The Morgan fingerprint density at radius 1 is 1.06 bits per heavy atom. The van der Waals surface area contributed by atoms with Crippen molar-refractivity contribution >= 4 is 0 Å². The summed E-state index contributed by atoms with van der Waals surface area (Å²) in [5.41, 5.74) is 1.25. The minimum atomic E-state index is -3.26. The summed E-state index contributed by atoms with van der Waals surface area (Å²) in [6.45, 7) is 2.80. The minimum absolute atomic E-state index is 0.0253. The van der Waals surface area contributed by atoms with Gasteiger partial charge in [0, 0.05) is 18.7 Å². The molecule has 0 aliphatic rings. The number of aryl methyl sites for hydroxylation is 1. The lowest BCUT2D eigenvalue weighted by Crippen LogP contribution is -2.18. The topological polar surface area (TPSA) is 114 Å². The second-order valence-corrected chi connectivity index (χ2v) is 6.53. The summed E-state index contributed by atoms with van der Waals surface area (Å²) in [4.78, 5) is 16.9. The van der Waals surface area contributed by atoms with Crippen molar-refractivity contribution < 1.29 is 22.8 Å². The number of hydrogen-bond acceptors (Lipinski definition) is 9. The van der Waals surface area contributed by atoms with Crippen LogP contribution in [0.5, 0.6) is 11.8 Å². The number of rotatable bonds is 7. The Balaban J connectivity index is 1.52. The molecule has 0 unspecified atom stereocenters. The van der Waals surface area contributed by atoms with Gasteiger partial charge in [-0.25, -0.2) is 14.6 Å². The summed E-state index contributed by atoms with van der Waals surface area (Å²) >= 11 is 0. The Labute approximate surface area is 174 Å². The first-order valence-corrected chi connectivity index (χ1v) is 9.09. The number of nitrogens with zero attached hydrogens (tertiary/aromatic N) is 7. The molecule has 1 aromatic carbocycles. The molecule has 0 radical (unpaired) electrons. The van der Waals surface area contributed by atoms with Crippen molar-refractivity contribution in [2.24, 2.45) is 0 Å². The molecule has 0 fully saturated rings. The zero-order chi connectivity index (χ0) is 22.0. The highest BCUT2D eigenvalue weighted by atomic mass is 19.3. The van der Waals surface area contributed by atoms with Gasteiger partial charge in [-0.05, 0) is 37.3 Å². The average molecular weight is 429 g/mol. The third-order valence-corrected chi connectivity index (χ3v) is 4.07. The molecule has 3 aromatic heterocycles. The fourth-order valence-corrected chi connectivity index (χ4v) is 2.69. The molecule has 0 N–H and O–H groups in total. The van der Waals surface area contributed by atoms with Gasteiger partial charge >= 0.3 is 12.1 Å². The number of alkyl halides is 2. The molecule has 12 heteroatoms. The predicted molar refractivity (Wildman–Crippen MR) is 102 cm³/mol. The van der Waals surface area contributed by atoms with Gasteiger partial charge in [-0.3, -0.25) is 0 Å². The maximum Gasteiger partial charge on any atom is 0.394 e. The highest BCUT2D eigenvalue weighted by Crippen LogP contribution is 2.25. The number of halogens is 2. The van der Waals surface area contributed by atoms with E-state index in [-0.39, 0.29) is 29.3 Å². The van der Waals surface area contributed by atoms with Gasteiger partial charge in [0.25, 0.3) is 5.89 Å². The van der Waals surface area contributed by atoms with Gasteiger partial charge in [0.2, 0.25) is 11.6 Å². The van der Waals surface area contributed by atoms with E-state index in [1.54, 1.807) is 36.0 Å². The van der Waals surface area contributed by atoms with Crippen LogP contribution in [-0.4, -0.2) is 48.1 Å². The van der Waals surface area contributed by atoms with Crippen molar-refractivity contribution in [2.75, 3.05) is 7.11 Å². The van der Waals surface area contributed by atoms with E-state index in [0.717, 1.165) is 0 Å². The van der Waals surface area contributed by atoms with Crippen LogP contribution in [0.1, 0.15) is 18.4 Å². The molecule has 4 aromatic rings. The van der Waals surface area contributed by atoms with E-state index in [0.29, 0.717) is 30.6 Å². The van der Waals surface area contributed by atoms with Gasteiger partial charge in [0.15, 0.2) is 0 Å². The lowest BCUT2D eigenvalue weighted by molar-refractivity contribution is -0.158. The first-order chi connectivity index (χ1) is 14.8. The summed E-state index contributed by atoms with van der Waals surface area (Å²) in [7, 11) is 1.49. The molecular formula is C19H17F2N7O3. The largest absolute Gasteiger partial charge is 0.467 e. The average Bonchev–Trinajstić information content (AvgIpc) is 3.35. The van der Waals surface area contributed by atoms with E-state index in [9.17, 15) is 8.78 Å². The number of benzene rings is 1. The molecule has 0 bridgehead atoms. The Bertz CT molecular complexity index is 1190. The summed E-state index contributed by atoms with van der Waals surface area (Å²) in [5, 5.41) is 8.31. The zero-order valence-corrected chi connectivity index (χ0v) is 16.8. The molecule has 4 rings (SSSR count). The van der Waals surface area contributed by atoms with Crippen LogP contribution < -0.4 is 9.47 Å². The van der Waals surface area contributed by atoms with E-state index in [4.69, 9.17) is 9.26 Å². The SMILES string of the molecule is COc1nccc(Cn2nc(-c3nc(-c4ccc(OC(C)(F)F)cc4)no3)nc2C)n1. The minimum Gasteiger partial charge on any atom is -0.467 e. The van der Waals surface area contributed by atoms with Gasteiger partial charge in [0.1, 0.15) is 11.6 Å². The van der Waals surface area contributed by atoms with E-state index >= 15 is 0 Å². The molecule has 0 aliphatic carbocycles. The van der Waals surface area contributed by atoms with Gasteiger partial charge in [0.05, 0.1) is 19.3 Å². The summed E-state index contributed by atoms with van der Waals surface area (Å²) in [6, 6.07) is 7.91. The highest BCUT2D eigenvalue weighted by molar-refractivity contribution is 5.57. The lowest BCUT2D eigenvalue weighted by atomic mass is 10.2. The fraction of sp³-hybridized carbons (Fsp3) is 0.263. The van der Waals surface area contributed by atoms with Gasteiger partial charge in [-0.1, -0.05) is 5.16 Å². The molecule has 0 amide bonds. The van der Waals surface area contributed by atoms with E-state index in [2.05, 4.69) is 34.9 Å². The van der Waals surface area contributed by atoms with Crippen molar-refractivity contribution in [3.8, 4) is 34.9 Å². The fourth-order valence-electron chi connectivity index (χ4n) is 2.69. The lowest BCUT2D eigenvalue weighted by Gasteiger charge is -2.12. The van der Waals surface area contributed by atoms with Gasteiger partial charge in [-0.15, -0.1) is 5.10 Å². The van der Waals surface area contributed by atoms with Crippen molar-refractivity contribution in [3.63, 3.8) is 0 Å². The number of aromatic nitrogens is 7. The first-order valence-electron chi connectivity index (χ1n) is 9.09. The molecule has 31 heavy (non-hydrogen) atoms. The highest BCUT2D eigenvalue weighted by Gasteiger charge is 2.23.